The van der Waals surface area contributed by atoms with E-state index in [1.807, 2.05) is 73.4 Å². The highest BCUT2D eigenvalue weighted by molar-refractivity contribution is 7.18. The van der Waals surface area contributed by atoms with Crippen LogP contribution in [-0.2, 0) is 6.54 Å². The molecule has 0 fully saturated rings. The lowest BCUT2D eigenvalue weighted by atomic mass is 10.1. The Labute approximate surface area is 161 Å². The zero-order valence-electron chi connectivity index (χ0n) is 15.2. The first kappa shape index (κ1) is 17.4. The van der Waals surface area contributed by atoms with E-state index in [1.165, 1.54) is 0 Å². The first-order chi connectivity index (χ1) is 13.1. The number of hydrogen-bond donors (Lipinski definition) is 0. The molecular weight excluding hydrogens is 356 g/mol. The maximum atomic E-state index is 12.9. The van der Waals surface area contributed by atoms with Crippen molar-refractivity contribution in [2.45, 2.75) is 19.5 Å². The molecule has 0 saturated heterocycles. The van der Waals surface area contributed by atoms with Gasteiger partial charge in [-0.3, -0.25) is 9.48 Å². The number of benzene rings is 2. The van der Waals surface area contributed by atoms with Gasteiger partial charge in [0.05, 0.1) is 22.8 Å². The van der Waals surface area contributed by atoms with E-state index in [0.717, 1.165) is 20.8 Å². The number of hydrogen-bond acceptors (Lipinski definition) is 4. The van der Waals surface area contributed by atoms with Gasteiger partial charge in [-0.15, -0.1) is 11.3 Å². The molecule has 0 radical (unpaired) electrons. The number of para-hydroxylation sites is 1. The lowest BCUT2D eigenvalue weighted by Crippen LogP contribution is -2.29. The van der Waals surface area contributed by atoms with Crippen LogP contribution in [0.3, 0.4) is 0 Å². The molecule has 0 aliphatic rings. The van der Waals surface area contributed by atoms with E-state index in [4.69, 9.17) is 0 Å². The predicted molar refractivity (Wildman–Crippen MR) is 108 cm³/mol. The van der Waals surface area contributed by atoms with E-state index in [-0.39, 0.29) is 11.9 Å². The van der Waals surface area contributed by atoms with Gasteiger partial charge in [0, 0.05) is 25.0 Å². The summed E-state index contributed by atoms with van der Waals surface area (Å²) in [5, 5.41) is 5.15. The number of carbonyl (C=O) groups excluding carboxylic acids is 1. The van der Waals surface area contributed by atoms with Gasteiger partial charge in [-0.25, -0.2) is 4.98 Å². The molecule has 6 heteroatoms. The quantitative estimate of drug-likeness (QED) is 0.519. The van der Waals surface area contributed by atoms with Crippen molar-refractivity contribution in [3.8, 4) is 0 Å². The fourth-order valence-electron chi connectivity index (χ4n) is 2.95. The van der Waals surface area contributed by atoms with Gasteiger partial charge in [0.1, 0.15) is 5.01 Å². The van der Waals surface area contributed by atoms with Crippen molar-refractivity contribution in [1.29, 1.82) is 0 Å². The second-order valence-corrected chi connectivity index (χ2v) is 7.57. The first-order valence-electron chi connectivity index (χ1n) is 8.81. The standard InChI is InChI=1S/C21H20N4OS/c1-15(20-23-18-6-3-4-7-19(18)27-20)24(2)21(26)17-10-8-16(9-11-17)14-25-13-5-12-22-25/h3-13,15H,14H2,1-2H3. The Kier molecular flexibility index (Phi) is 4.73. The Bertz CT molecular complexity index is 1020. The second kappa shape index (κ2) is 7.32. The van der Waals surface area contributed by atoms with Crippen LogP contribution >= 0.6 is 11.3 Å². The van der Waals surface area contributed by atoms with Gasteiger partial charge in [0.15, 0.2) is 0 Å². The Balaban J connectivity index is 1.49. The van der Waals surface area contributed by atoms with Gasteiger partial charge < -0.3 is 4.90 Å². The largest absolute Gasteiger partial charge is 0.333 e. The Morgan fingerprint density at radius 2 is 1.93 bits per heavy atom. The summed E-state index contributed by atoms with van der Waals surface area (Å²) in [5.74, 6) is -0.00704. The summed E-state index contributed by atoms with van der Waals surface area (Å²) >= 11 is 1.64. The SMILES string of the molecule is CC(c1nc2ccccc2s1)N(C)C(=O)c1ccc(Cn2cccn2)cc1. The van der Waals surface area contributed by atoms with Crippen LogP contribution in [-0.4, -0.2) is 32.6 Å². The van der Waals surface area contributed by atoms with E-state index in [9.17, 15) is 4.79 Å². The molecule has 1 amide bonds. The van der Waals surface area contributed by atoms with Crippen molar-refractivity contribution in [3.63, 3.8) is 0 Å². The van der Waals surface area contributed by atoms with E-state index < -0.39 is 0 Å². The summed E-state index contributed by atoms with van der Waals surface area (Å²) < 4.78 is 3.00. The third kappa shape index (κ3) is 3.61. The van der Waals surface area contributed by atoms with Crippen molar-refractivity contribution in [3.05, 3.63) is 83.1 Å². The number of amides is 1. The zero-order chi connectivity index (χ0) is 18.8. The summed E-state index contributed by atoms with van der Waals surface area (Å²) in [4.78, 5) is 19.3. The van der Waals surface area contributed by atoms with Gasteiger partial charge in [0.25, 0.3) is 5.91 Å². The van der Waals surface area contributed by atoms with Crippen LogP contribution in [0.25, 0.3) is 10.2 Å². The van der Waals surface area contributed by atoms with E-state index in [1.54, 1.807) is 22.4 Å². The third-order valence-corrected chi connectivity index (χ3v) is 5.88. The molecule has 0 aliphatic carbocycles. The molecule has 0 N–H and O–H groups in total. The van der Waals surface area contributed by atoms with Crippen LogP contribution in [0.2, 0.25) is 0 Å². The van der Waals surface area contributed by atoms with Crippen LogP contribution in [0.15, 0.2) is 67.0 Å². The number of rotatable bonds is 5. The van der Waals surface area contributed by atoms with E-state index in [0.29, 0.717) is 12.1 Å². The minimum Gasteiger partial charge on any atom is -0.333 e. The van der Waals surface area contributed by atoms with Crippen molar-refractivity contribution in [2.24, 2.45) is 0 Å². The molecule has 27 heavy (non-hydrogen) atoms. The monoisotopic (exact) mass is 376 g/mol. The lowest BCUT2D eigenvalue weighted by molar-refractivity contribution is 0.0742. The van der Waals surface area contributed by atoms with Crippen molar-refractivity contribution in [1.82, 2.24) is 19.7 Å². The second-order valence-electron chi connectivity index (χ2n) is 6.51. The van der Waals surface area contributed by atoms with Crippen LogP contribution in [0.1, 0.15) is 33.9 Å². The molecule has 5 nitrogen and oxygen atoms in total. The predicted octanol–water partition coefficient (Wildman–Crippen LogP) is 4.37. The summed E-state index contributed by atoms with van der Waals surface area (Å²) in [6, 6.07) is 17.6. The highest BCUT2D eigenvalue weighted by Gasteiger charge is 2.21. The number of carbonyl (C=O) groups is 1. The number of nitrogens with zero attached hydrogens (tertiary/aromatic N) is 4. The molecule has 2 aromatic heterocycles. The normalized spacial score (nSPS) is 12.2. The van der Waals surface area contributed by atoms with Crippen molar-refractivity contribution >= 4 is 27.5 Å². The molecule has 0 bridgehead atoms. The average molecular weight is 376 g/mol. The molecule has 136 valence electrons. The fraction of sp³-hybridized carbons (Fsp3) is 0.190. The minimum atomic E-state index is -0.0846. The molecule has 0 saturated carbocycles. The fourth-order valence-corrected chi connectivity index (χ4v) is 4.01. The minimum absolute atomic E-state index is 0.00704. The summed E-state index contributed by atoms with van der Waals surface area (Å²) in [7, 11) is 1.83. The van der Waals surface area contributed by atoms with Gasteiger partial charge in [-0.1, -0.05) is 24.3 Å². The number of aromatic nitrogens is 3. The van der Waals surface area contributed by atoms with Crippen LogP contribution in [0.4, 0.5) is 0 Å². The average Bonchev–Trinajstić information content (AvgIpc) is 3.36. The maximum absolute atomic E-state index is 12.9. The Morgan fingerprint density at radius 3 is 2.63 bits per heavy atom. The molecule has 2 aromatic carbocycles. The number of thiazole rings is 1. The van der Waals surface area contributed by atoms with Gasteiger partial charge >= 0.3 is 0 Å². The summed E-state index contributed by atoms with van der Waals surface area (Å²) in [6.07, 6.45) is 3.68. The summed E-state index contributed by atoms with van der Waals surface area (Å²) in [6.45, 7) is 2.71. The zero-order valence-corrected chi connectivity index (χ0v) is 16.1. The van der Waals surface area contributed by atoms with Crippen LogP contribution in [0, 0.1) is 0 Å². The molecule has 0 aliphatic heterocycles. The Morgan fingerprint density at radius 1 is 1.15 bits per heavy atom. The third-order valence-electron chi connectivity index (χ3n) is 4.67. The highest BCUT2D eigenvalue weighted by atomic mass is 32.1. The van der Waals surface area contributed by atoms with Gasteiger partial charge in [-0.05, 0) is 42.8 Å². The smallest absolute Gasteiger partial charge is 0.254 e. The van der Waals surface area contributed by atoms with Crippen LogP contribution in [0.5, 0.6) is 0 Å². The topological polar surface area (TPSA) is 51.0 Å². The van der Waals surface area contributed by atoms with Crippen molar-refractivity contribution in [2.75, 3.05) is 7.05 Å². The van der Waals surface area contributed by atoms with E-state index in [2.05, 4.69) is 16.1 Å². The molecule has 1 unspecified atom stereocenters. The molecule has 4 aromatic rings. The molecule has 0 spiro atoms. The lowest BCUT2D eigenvalue weighted by Gasteiger charge is -2.23. The van der Waals surface area contributed by atoms with Gasteiger partial charge in [0.2, 0.25) is 0 Å². The van der Waals surface area contributed by atoms with E-state index >= 15 is 0 Å². The maximum Gasteiger partial charge on any atom is 0.254 e. The molecule has 2 heterocycles. The first-order valence-corrected chi connectivity index (χ1v) is 9.62. The molecular formula is C21H20N4OS. The number of fused-ring (bicyclic) bond motifs is 1. The molecule has 1 atom stereocenters. The Hall–Kier alpha value is -2.99. The highest BCUT2D eigenvalue weighted by Crippen LogP contribution is 2.29. The van der Waals surface area contributed by atoms with Crippen LogP contribution < -0.4 is 0 Å². The summed E-state index contributed by atoms with van der Waals surface area (Å²) in [5.41, 5.74) is 2.76. The van der Waals surface area contributed by atoms with Gasteiger partial charge in [-0.2, -0.15) is 5.10 Å². The molecule has 4 rings (SSSR count). The van der Waals surface area contributed by atoms with Crippen molar-refractivity contribution < 1.29 is 4.79 Å².